The molecule has 0 saturated heterocycles. The molecule has 28 heavy (non-hydrogen) atoms. The molecule has 0 amide bonds. The van der Waals surface area contributed by atoms with Crippen molar-refractivity contribution in [2.24, 2.45) is 17.8 Å². The van der Waals surface area contributed by atoms with Gasteiger partial charge in [-0.1, -0.05) is 37.6 Å². The van der Waals surface area contributed by atoms with Gasteiger partial charge in [0.25, 0.3) is 0 Å². The average Bonchev–Trinajstić information content (AvgIpc) is 2.69. The van der Waals surface area contributed by atoms with Crippen LogP contribution in [-0.4, -0.2) is 0 Å². The van der Waals surface area contributed by atoms with Crippen LogP contribution in [0.4, 0.5) is 8.78 Å². The van der Waals surface area contributed by atoms with Gasteiger partial charge in [0.05, 0.1) is 0 Å². The zero-order chi connectivity index (χ0) is 19.7. The third-order valence-corrected chi connectivity index (χ3v) is 7.28. The van der Waals surface area contributed by atoms with E-state index in [0.717, 1.165) is 48.0 Å². The van der Waals surface area contributed by atoms with Crippen molar-refractivity contribution in [3.05, 3.63) is 59.2 Å². The van der Waals surface area contributed by atoms with E-state index in [4.69, 9.17) is 0 Å². The lowest BCUT2D eigenvalue weighted by molar-refractivity contribution is 0.124. The Bertz CT molecular complexity index is 866. The van der Waals surface area contributed by atoms with Gasteiger partial charge in [0.15, 0.2) is 0 Å². The first-order valence-electron chi connectivity index (χ1n) is 11.1. The molecule has 0 aromatic heterocycles. The maximum absolute atomic E-state index is 15.4. The number of aryl methyl sites for hydroxylation is 1. The zero-order valence-electron chi connectivity index (χ0n) is 17.2. The lowest BCUT2D eigenvalue weighted by Gasteiger charge is -2.41. The average molecular weight is 383 g/mol. The van der Waals surface area contributed by atoms with Crippen LogP contribution in [-0.2, 0) is 6.42 Å². The third-order valence-electron chi connectivity index (χ3n) is 7.28. The van der Waals surface area contributed by atoms with E-state index in [9.17, 15) is 4.39 Å². The molecule has 0 heterocycles. The number of benzene rings is 2. The normalized spacial score (nSPS) is 28.0. The van der Waals surface area contributed by atoms with Gasteiger partial charge in [-0.2, -0.15) is 0 Å². The van der Waals surface area contributed by atoms with E-state index in [1.807, 2.05) is 37.3 Å². The highest BCUT2D eigenvalue weighted by molar-refractivity contribution is 5.85. The number of rotatable bonds is 4. The molecule has 2 fully saturated rings. The maximum atomic E-state index is 15.4. The van der Waals surface area contributed by atoms with Crippen LogP contribution >= 0.6 is 0 Å². The van der Waals surface area contributed by atoms with Crippen LogP contribution in [0.25, 0.3) is 10.8 Å². The van der Waals surface area contributed by atoms with E-state index in [0.29, 0.717) is 17.4 Å². The first-order valence-corrected chi connectivity index (χ1v) is 11.1. The van der Waals surface area contributed by atoms with E-state index in [1.165, 1.54) is 31.7 Å². The van der Waals surface area contributed by atoms with E-state index in [-0.39, 0.29) is 17.6 Å². The summed E-state index contributed by atoms with van der Waals surface area (Å²) in [4.78, 5) is 0. The molecule has 2 aromatic carbocycles. The first-order chi connectivity index (χ1) is 13.6. The minimum atomic E-state index is -0.280. The van der Waals surface area contributed by atoms with E-state index in [1.54, 1.807) is 0 Å². The van der Waals surface area contributed by atoms with Gasteiger partial charge in [0.2, 0.25) is 0 Å². The maximum Gasteiger partial charge on any atom is 0.134 e. The lowest BCUT2D eigenvalue weighted by atomic mass is 9.64. The highest BCUT2D eigenvalue weighted by Gasteiger charge is 2.35. The Morgan fingerprint density at radius 1 is 1.00 bits per heavy atom. The predicted molar refractivity (Wildman–Crippen MR) is 114 cm³/mol. The third kappa shape index (κ3) is 3.88. The number of allylic oxidation sites excluding steroid dienone is 2. The van der Waals surface area contributed by atoms with E-state index < -0.39 is 0 Å². The van der Waals surface area contributed by atoms with Crippen molar-refractivity contribution in [3.8, 4) is 0 Å². The van der Waals surface area contributed by atoms with Crippen molar-refractivity contribution >= 4 is 10.8 Å². The SMILES string of the molecule is C/C=C/CCc1cc2ccc(C3CCC4CC(C)CCC4C3)c(F)c2cc1F. The summed E-state index contributed by atoms with van der Waals surface area (Å²) in [6.45, 7) is 4.33. The molecule has 4 atom stereocenters. The molecule has 2 heteroatoms. The van der Waals surface area contributed by atoms with Crippen LogP contribution in [0, 0.1) is 29.4 Å². The van der Waals surface area contributed by atoms with Crippen LogP contribution in [0.3, 0.4) is 0 Å². The summed E-state index contributed by atoms with van der Waals surface area (Å²) < 4.78 is 29.9. The van der Waals surface area contributed by atoms with Gasteiger partial charge in [-0.3, -0.25) is 0 Å². The van der Waals surface area contributed by atoms with Crippen molar-refractivity contribution in [3.63, 3.8) is 0 Å². The molecule has 0 bridgehead atoms. The van der Waals surface area contributed by atoms with Crippen LogP contribution in [0.1, 0.15) is 75.8 Å². The summed E-state index contributed by atoms with van der Waals surface area (Å²) in [7, 11) is 0. The van der Waals surface area contributed by atoms with Crippen molar-refractivity contribution in [2.45, 2.75) is 71.1 Å². The van der Waals surface area contributed by atoms with Gasteiger partial charge in [0.1, 0.15) is 11.6 Å². The zero-order valence-corrected chi connectivity index (χ0v) is 17.2. The highest BCUT2D eigenvalue weighted by Crippen LogP contribution is 2.48. The molecular weight excluding hydrogens is 350 g/mol. The summed E-state index contributed by atoms with van der Waals surface area (Å²) >= 11 is 0. The summed E-state index contributed by atoms with van der Waals surface area (Å²) in [6.07, 6.45) is 12.8. The molecule has 0 spiro atoms. The molecule has 150 valence electrons. The number of hydrogen-bond acceptors (Lipinski definition) is 0. The Kier molecular flexibility index (Phi) is 5.85. The molecule has 2 saturated carbocycles. The highest BCUT2D eigenvalue weighted by atomic mass is 19.1. The second-order valence-corrected chi connectivity index (χ2v) is 9.19. The van der Waals surface area contributed by atoms with Crippen LogP contribution in [0.15, 0.2) is 36.4 Å². The topological polar surface area (TPSA) is 0 Å². The Hall–Kier alpha value is -1.70. The van der Waals surface area contributed by atoms with Crippen LogP contribution in [0.5, 0.6) is 0 Å². The van der Waals surface area contributed by atoms with Crippen LogP contribution in [0.2, 0.25) is 0 Å². The second-order valence-electron chi connectivity index (χ2n) is 9.19. The fourth-order valence-electron chi connectivity index (χ4n) is 5.69. The van der Waals surface area contributed by atoms with Gasteiger partial charge in [-0.25, -0.2) is 8.78 Å². The van der Waals surface area contributed by atoms with Gasteiger partial charge >= 0.3 is 0 Å². The van der Waals surface area contributed by atoms with Crippen LogP contribution < -0.4 is 0 Å². The van der Waals surface area contributed by atoms with E-state index >= 15 is 4.39 Å². The minimum absolute atomic E-state index is 0.191. The molecular formula is C26H32F2. The van der Waals surface area contributed by atoms with Gasteiger partial charge in [-0.05, 0) is 104 Å². The molecule has 4 rings (SSSR count). The molecule has 2 aromatic rings. The summed E-state index contributed by atoms with van der Waals surface area (Å²) in [5.74, 6) is 2.25. The number of fused-ring (bicyclic) bond motifs is 2. The molecule has 2 aliphatic carbocycles. The summed E-state index contributed by atoms with van der Waals surface area (Å²) in [6, 6.07) is 7.23. The molecule has 0 radical (unpaired) electrons. The quantitative estimate of drug-likeness (QED) is 0.471. The standard InChI is InChI=1S/C26H32F2/c1-3-4-5-6-22-15-21-11-12-23(26(28)24(21)16-25(22)27)20-10-9-18-13-17(2)7-8-19(18)14-20/h3-4,11-12,15-20H,5-10,13-14H2,1-2H3/b4-3+. The number of halogens is 2. The monoisotopic (exact) mass is 382 g/mol. The smallest absolute Gasteiger partial charge is 0.134 e. The molecule has 0 aliphatic heterocycles. The van der Waals surface area contributed by atoms with Gasteiger partial charge < -0.3 is 0 Å². The van der Waals surface area contributed by atoms with Crippen molar-refractivity contribution in [1.82, 2.24) is 0 Å². The Morgan fingerprint density at radius 3 is 2.61 bits per heavy atom. The first kappa shape index (κ1) is 19.6. The van der Waals surface area contributed by atoms with Crippen molar-refractivity contribution in [2.75, 3.05) is 0 Å². The molecule has 0 nitrogen and oxygen atoms in total. The van der Waals surface area contributed by atoms with Crippen molar-refractivity contribution in [1.29, 1.82) is 0 Å². The second kappa shape index (κ2) is 8.35. The Labute approximate surface area is 168 Å². The molecule has 4 unspecified atom stereocenters. The van der Waals surface area contributed by atoms with Gasteiger partial charge in [-0.15, -0.1) is 0 Å². The minimum Gasteiger partial charge on any atom is -0.207 e. The molecule has 2 aliphatic rings. The molecule has 0 N–H and O–H groups in total. The lowest BCUT2D eigenvalue weighted by Crippen LogP contribution is -2.29. The van der Waals surface area contributed by atoms with E-state index in [2.05, 4.69) is 6.92 Å². The number of hydrogen-bond donors (Lipinski definition) is 0. The largest absolute Gasteiger partial charge is 0.207 e. The Balaban J connectivity index is 1.58. The Morgan fingerprint density at radius 2 is 1.79 bits per heavy atom. The summed E-state index contributed by atoms with van der Waals surface area (Å²) in [5, 5.41) is 1.27. The summed E-state index contributed by atoms with van der Waals surface area (Å²) in [5.41, 5.74) is 1.49. The predicted octanol–water partition coefficient (Wildman–Crippen LogP) is 7.95. The fraction of sp³-hybridized carbons (Fsp3) is 0.538. The van der Waals surface area contributed by atoms with Crippen molar-refractivity contribution < 1.29 is 8.78 Å². The van der Waals surface area contributed by atoms with Gasteiger partial charge in [0, 0.05) is 5.39 Å². The fourth-order valence-corrected chi connectivity index (χ4v) is 5.69.